The number of morpholine rings is 1. The minimum atomic E-state index is -3.67. The largest absolute Gasteiger partial charge is 0.453 e. The Morgan fingerprint density at radius 3 is 2.81 bits per heavy atom. The van der Waals surface area contributed by atoms with Crippen LogP contribution in [-0.4, -0.2) is 46.2 Å². The molecule has 1 aliphatic rings. The number of halogens is 2. The maximum atomic E-state index is 14.6. The van der Waals surface area contributed by atoms with Crippen LogP contribution >= 0.6 is 11.3 Å². The normalized spacial score (nSPS) is 17.8. The first-order chi connectivity index (χ1) is 12.3. The van der Waals surface area contributed by atoms with E-state index in [1.165, 1.54) is 11.4 Å². The van der Waals surface area contributed by atoms with Crippen LogP contribution in [0.3, 0.4) is 0 Å². The predicted octanol–water partition coefficient (Wildman–Crippen LogP) is 0.588. The van der Waals surface area contributed by atoms with Crippen LogP contribution in [0.4, 0.5) is 8.78 Å². The van der Waals surface area contributed by atoms with Crippen LogP contribution < -0.4 is 10.1 Å². The second-order valence-corrected chi connectivity index (χ2v) is 6.23. The second-order valence-electron chi connectivity index (χ2n) is 5.34. The van der Waals surface area contributed by atoms with Crippen LogP contribution in [0.15, 0.2) is 11.4 Å². The number of nitrogens with one attached hydrogen (secondary N) is 1. The molecular weight excluding hydrogens is 372 g/mol. The molecule has 0 saturated carbocycles. The molecule has 8 nitrogen and oxygen atoms in total. The van der Waals surface area contributed by atoms with Crippen molar-refractivity contribution < 1.29 is 33.6 Å². The van der Waals surface area contributed by atoms with Crippen LogP contribution in [0.2, 0.25) is 0 Å². The fourth-order valence-electron chi connectivity index (χ4n) is 2.44. The van der Waals surface area contributed by atoms with Gasteiger partial charge in [-0.15, -0.1) is 11.3 Å². The SMILES string of the molecule is N#Cc1c(F)cc(OC(O)(O)O)c(-c2csc(C3CNCCO3)n2)c1F. The number of ether oxygens (including phenoxy) is 2. The minimum absolute atomic E-state index is 0.0348. The standard InChI is InChI=1S/C15H13F2N3O5S/c16-8-3-10(25-15(21,22)23)12(13(17)7(8)4-18)9-6-26-14(20-9)11-5-19-1-2-24-11/h3,6,11,19,21-23H,1-2,5H2. The molecule has 4 N–H and O–H groups in total. The van der Waals surface area contributed by atoms with Gasteiger partial charge in [0.1, 0.15) is 34.3 Å². The van der Waals surface area contributed by atoms with Gasteiger partial charge in [0.05, 0.1) is 17.9 Å². The van der Waals surface area contributed by atoms with Crippen molar-refractivity contribution in [3.8, 4) is 23.1 Å². The highest BCUT2D eigenvalue weighted by Crippen LogP contribution is 2.38. The van der Waals surface area contributed by atoms with Gasteiger partial charge in [0, 0.05) is 24.5 Å². The summed E-state index contributed by atoms with van der Waals surface area (Å²) in [6, 6.07) is 1.94. The summed E-state index contributed by atoms with van der Waals surface area (Å²) in [5, 5.41) is 41.0. The molecule has 1 saturated heterocycles. The molecule has 26 heavy (non-hydrogen) atoms. The van der Waals surface area contributed by atoms with E-state index >= 15 is 0 Å². The fourth-order valence-corrected chi connectivity index (χ4v) is 3.30. The van der Waals surface area contributed by atoms with Crippen molar-refractivity contribution in [2.24, 2.45) is 0 Å². The quantitative estimate of drug-likeness (QED) is 0.563. The highest BCUT2D eigenvalue weighted by molar-refractivity contribution is 7.10. The van der Waals surface area contributed by atoms with E-state index < -0.39 is 34.7 Å². The van der Waals surface area contributed by atoms with Gasteiger partial charge in [-0.1, -0.05) is 0 Å². The summed E-state index contributed by atoms with van der Waals surface area (Å²) in [5.41, 5.74) is -1.42. The molecule has 1 unspecified atom stereocenters. The van der Waals surface area contributed by atoms with Crippen LogP contribution in [0.25, 0.3) is 11.3 Å². The van der Waals surface area contributed by atoms with E-state index in [0.717, 1.165) is 11.3 Å². The Kier molecular flexibility index (Phi) is 5.15. The summed E-state index contributed by atoms with van der Waals surface area (Å²) in [5.74, 6) is -3.32. The van der Waals surface area contributed by atoms with Gasteiger partial charge in [-0.2, -0.15) is 5.26 Å². The number of nitriles is 1. The molecule has 1 aliphatic heterocycles. The summed E-state index contributed by atoms with van der Waals surface area (Å²) < 4.78 is 38.4. The maximum absolute atomic E-state index is 14.6. The van der Waals surface area contributed by atoms with Crippen molar-refractivity contribution in [1.29, 1.82) is 5.26 Å². The molecule has 0 aliphatic carbocycles. The van der Waals surface area contributed by atoms with Crippen molar-refractivity contribution in [2.45, 2.75) is 12.3 Å². The van der Waals surface area contributed by atoms with Gasteiger partial charge < -0.3 is 30.1 Å². The van der Waals surface area contributed by atoms with E-state index in [1.807, 2.05) is 0 Å². The van der Waals surface area contributed by atoms with Gasteiger partial charge in [-0.05, 0) is 0 Å². The number of nitrogens with zero attached hydrogens (tertiary/aromatic N) is 2. The first-order valence-electron chi connectivity index (χ1n) is 7.36. The Labute approximate surface area is 149 Å². The van der Waals surface area contributed by atoms with E-state index in [9.17, 15) is 8.78 Å². The zero-order chi connectivity index (χ0) is 18.9. The lowest BCUT2D eigenvalue weighted by molar-refractivity contribution is -0.419. The molecule has 138 valence electrons. The molecule has 11 heteroatoms. The van der Waals surface area contributed by atoms with Crippen LogP contribution in [0.5, 0.6) is 5.75 Å². The Hall–Kier alpha value is -2.20. The molecule has 2 heterocycles. The van der Waals surface area contributed by atoms with Gasteiger partial charge in [-0.25, -0.2) is 13.8 Å². The molecule has 1 atom stereocenters. The third kappa shape index (κ3) is 3.80. The number of thiazole rings is 1. The van der Waals surface area contributed by atoms with Gasteiger partial charge >= 0.3 is 6.16 Å². The van der Waals surface area contributed by atoms with Crippen LogP contribution in [-0.2, 0) is 4.74 Å². The third-order valence-electron chi connectivity index (χ3n) is 3.52. The van der Waals surface area contributed by atoms with E-state index in [2.05, 4.69) is 15.0 Å². The van der Waals surface area contributed by atoms with Gasteiger partial charge in [0.2, 0.25) is 0 Å². The maximum Gasteiger partial charge on any atom is 0.453 e. The lowest BCUT2D eigenvalue weighted by atomic mass is 10.1. The third-order valence-corrected chi connectivity index (χ3v) is 4.46. The van der Waals surface area contributed by atoms with Crippen LogP contribution in [0.1, 0.15) is 16.7 Å². The summed E-state index contributed by atoms with van der Waals surface area (Å²) in [6.45, 7) is 1.66. The summed E-state index contributed by atoms with van der Waals surface area (Å²) in [4.78, 5) is 4.22. The van der Waals surface area contributed by atoms with Gasteiger partial charge in [-0.3, -0.25) is 0 Å². The molecule has 2 aromatic rings. The smallest absolute Gasteiger partial charge is 0.416 e. The topological polar surface area (TPSA) is 128 Å². The molecule has 1 fully saturated rings. The average molecular weight is 385 g/mol. The van der Waals surface area contributed by atoms with Gasteiger partial charge in [0.25, 0.3) is 0 Å². The number of rotatable bonds is 4. The van der Waals surface area contributed by atoms with Crippen molar-refractivity contribution in [1.82, 2.24) is 10.3 Å². The van der Waals surface area contributed by atoms with Gasteiger partial charge in [0.15, 0.2) is 5.82 Å². The Morgan fingerprint density at radius 1 is 1.42 bits per heavy atom. The lowest BCUT2D eigenvalue weighted by Gasteiger charge is -2.21. The molecule has 1 aromatic heterocycles. The second kappa shape index (κ2) is 7.20. The van der Waals surface area contributed by atoms with E-state index in [-0.39, 0.29) is 11.8 Å². The monoisotopic (exact) mass is 385 g/mol. The van der Waals surface area contributed by atoms with E-state index in [0.29, 0.717) is 30.8 Å². The fraction of sp³-hybridized carbons (Fsp3) is 0.333. The van der Waals surface area contributed by atoms with Crippen molar-refractivity contribution in [3.05, 3.63) is 33.7 Å². The molecule has 0 radical (unpaired) electrons. The van der Waals surface area contributed by atoms with Crippen molar-refractivity contribution >= 4 is 11.3 Å². The minimum Gasteiger partial charge on any atom is -0.416 e. The van der Waals surface area contributed by atoms with Crippen molar-refractivity contribution in [2.75, 3.05) is 19.7 Å². The Morgan fingerprint density at radius 2 is 2.19 bits per heavy atom. The van der Waals surface area contributed by atoms with Crippen molar-refractivity contribution in [3.63, 3.8) is 0 Å². The lowest BCUT2D eigenvalue weighted by Crippen LogP contribution is -2.35. The molecule has 1 aromatic carbocycles. The summed E-state index contributed by atoms with van der Waals surface area (Å²) in [7, 11) is 0. The summed E-state index contributed by atoms with van der Waals surface area (Å²) >= 11 is 1.14. The van der Waals surface area contributed by atoms with Crippen LogP contribution in [0, 0.1) is 23.0 Å². The molecule has 0 bridgehead atoms. The number of hydrogen-bond donors (Lipinski definition) is 4. The zero-order valence-corrected chi connectivity index (χ0v) is 13.9. The first kappa shape index (κ1) is 18.6. The first-order valence-corrected chi connectivity index (χ1v) is 8.24. The number of aromatic nitrogens is 1. The number of benzene rings is 1. The molecule has 0 spiro atoms. The average Bonchev–Trinajstić information content (AvgIpc) is 3.04. The molecule has 3 rings (SSSR count). The van der Waals surface area contributed by atoms with E-state index in [1.54, 1.807) is 0 Å². The Balaban J connectivity index is 2.08. The Bertz CT molecular complexity index is 856. The number of aliphatic hydroxyl groups is 3. The number of hydrogen-bond acceptors (Lipinski definition) is 9. The predicted molar refractivity (Wildman–Crippen MR) is 83.8 cm³/mol. The summed E-state index contributed by atoms with van der Waals surface area (Å²) in [6.07, 6.45) is -4.03. The highest BCUT2D eigenvalue weighted by atomic mass is 32.1. The molecular formula is C15H13F2N3O5S. The zero-order valence-electron chi connectivity index (χ0n) is 13.1. The highest BCUT2D eigenvalue weighted by Gasteiger charge is 2.30. The molecule has 0 amide bonds. The van der Waals surface area contributed by atoms with E-state index in [4.69, 9.17) is 25.3 Å².